The van der Waals surface area contributed by atoms with E-state index in [0.29, 0.717) is 5.02 Å². The van der Waals surface area contributed by atoms with Crippen LogP contribution in [0.5, 0.6) is 0 Å². The smallest absolute Gasteiger partial charge is 0.320 e. The fraction of sp³-hybridized carbons (Fsp3) is 0.667. The monoisotopic (exact) mass is 268 g/mol. The molecule has 0 atom stereocenters. The normalized spacial score (nSPS) is 21.3. The standard InChI is InChI=1S/C12H17ClN4O/c13-11-7-14-17(9-11)12(18)16-5-3-15(4-6-16)8-10-1-2-10/h7,9-10H,1-6,8H2. The zero-order valence-electron chi connectivity index (χ0n) is 10.3. The van der Waals surface area contributed by atoms with Gasteiger partial charge in [-0.2, -0.15) is 9.78 Å². The maximum Gasteiger partial charge on any atom is 0.344 e. The topological polar surface area (TPSA) is 41.4 Å². The number of hydrogen-bond acceptors (Lipinski definition) is 3. The Hall–Kier alpha value is -1.07. The van der Waals surface area contributed by atoms with Crippen LogP contribution in [-0.4, -0.2) is 58.3 Å². The van der Waals surface area contributed by atoms with Gasteiger partial charge in [-0.05, 0) is 18.8 Å². The van der Waals surface area contributed by atoms with Crippen LogP contribution in [-0.2, 0) is 0 Å². The lowest BCUT2D eigenvalue weighted by atomic mass is 10.3. The largest absolute Gasteiger partial charge is 0.344 e. The molecule has 18 heavy (non-hydrogen) atoms. The molecule has 1 aromatic heterocycles. The maximum atomic E-state index is 12.1. The zero-order valence-corrected chi connectivity index (χ0v) is 11.0. The SMILES string of the molecule is O=C(N1CCN(CC2CC2)CC1)n1cc(Cl)cn1. The average molecular weight is 269 g/mol. The molecular formula is C12H17ClN4O. The summed E-state index contributed by atoms with van der Waals surface area (Å²) >= 11 is 5.77. The molecule has 98 valence electrons. The van der Waals surface area contributed by atoms with Crippen LogP contribution in [0.3, 0.4) is 0 Å². The molecule has 1 amide bonds. The number of amides is 1. The van der Waals surface area contributed by atoms with Crippen LogP contribution >= 0.6 is 11.6 Å². The predicted octanol–water partition coefficient (Wildman–Crippen LogP) is 1.53. The molecule has 2 aliphatic rings. The summed E-state index contributed by atoms with van der Waals surface area (Å²) in [5, 5.41) is 4.44. The van der Waals surface area contributed by atoms with Crippen molar-refractivity contribution in [1.29, 1.82) is 0 Å². The van der Waals surface area contributed by atoms with E-state index < -0.39 is 0 Å². The van der Waals surface area contributed by atoms with Crippen molar-refractivity contribution in [2.45, 2.75) is 12.8 Å². The van der Waals surface area contributed by atoms with Gasteiger partial charge >= 0.3 is 6.03 Å². The molecule has 0 aromatic carbocycles. The molecule has 0 spiro atoms. The molecule has 3 rings (SSSR count). The van der Waals surface area contributed by atoms with Crippen LogP contribution in [0.25, 0.3) is 0 Å². The Labute approximate surface area is 111 Å². The van der Waals surface area contributed by atoms with E-state index in [1.165, 1.54) is 30.3 Å². The second-order valence-corrected chi connectivity index (χ2v) is 5.55. The van der Waals surface area contributed by atoms with Gasteiger partial charge in [0.15, 0.2) is 0 Å². The molecule has 0 N–H and O–H groups in total. The number of piperazine rings is 1. The quantitative estimate of drug-likeness (QED) is 0.817. The predicted molar refractivity (Wildman–Crippen MR) is 68.8 cm³/mol. The molecular weight excluding hydrogens is 252 g/mol. The number of rotatable bonds is 2. The highest BCUT2D eigenvalue weighted by Crippen LogP contribution is 2.29. The van der Waals surface area contributed by atoms with Crippen LogP contribution in [0, 0.1) is 5.92 Å². The lowest BCUT2D eigenvalue weighted by Gasteiger charge is -2.34. The molecule has 6 heteroatoms. The minimum absolute atomic E-state index is 0.0760. The first-order valence-electron chi connectivity index (χ1n) is 6.44. The van der Waals surface area contributed by atoms with E-state index in [1.807, 2.05) is 4.90 Å². The van der Waals surface area contributed by atoms with E-state index >= 15 is 0 Å². The summed E-state index contributed by atoms with van der Waals surface area (Å²) in [5.74, 6) is 0.914. The molecule has 1 aromatic rings. The highest BCUT2D eigenvalue weighted by molar-refractivity contribution is 6.30. The van der Waals surface area contributed by atoms with Crippen molar-refractivity contribution in [3.63, 3.8) is 0 Å². The number of aromatic nitrogens is 2. The highest BCUT2D eigenvalue weighted by atomic mass is 35.5. The highest BCUT2D eigenvalue weighted by Gasteiger charge is 2.28. The van der Waals surface area contributed by atoms with Gasteiger partial charge in [-0.1, -0.05) is 11.6 Å². The Morgan fingerprint density at radius 2 is 2.06 bits per heavy atom. The molecule has 0 radical (unpaired) electrons. The van der Waals surface area contributed by atoms with E-state index in [9.17, 15) is 4.79 Å². The van der Waals surface area contributed by atoms with Gasteiger partial charge in [-0.25, -0.2) is 4.79 Å². The van der Waals surface area contributed by atoms with Crippen LogP contribution in [0.4, 0.5) is 4.79 Å². The number of nitrogens with zero attached hydrogens (tertiary/aromatic N) is 4. The number of carbonyl (C=O) groups is 1. The van der Waals surface area contributed by atoms with Crippen molar-refractivity contribution in [1.82, 2.24) is 19.6 Å². The van der Waals surface area contributed by atoms with Gasteiger partial charge in [-0.3, -0.25) is 4.90 Å². The number of carbonyl (C=O) groups excluding carboxylic acids is 1. The summed E-state index contributed by atoms with van der Waals surface area (Å²) < 4.78 is 1.32. The summed E-state index contributed by atoms with van der Waals surface area (Å²) in [6.07, 6.45) is 5.80. The summed E-state index contributed by atoms with van der Waals surface area (Å²) in [4.78, 5) is 16.4. The molecule has 0 bridgehead atoms. The van der Waals surface area contributed by atoms with E-state index in [2.05, 4.69) is 10.00 Å². The number of halogens is 1. The first kappa shape index (κ1) is 12.0. The van der Waals surface area contributed by atoms with Crippen LogP contribution < -0.4 is 0 Å². The zero-order chi connectivity index (χ0) is 12.5. The maximum absolute atomic E-state index is 12.1. The van der Waals surface area contributed by atoms with Crippen molar-refractivity contribution in [3.05, 3.63) is 17.4 Å². The minimum atomic E-state index is -0.0760. The Bertz CT molecular complexity index is 435. The van der Waals surface area contributed by atoms with Crippen LogP contribution in [0.2, 0.25) is 5.02 Å². The van der Waals surface area contributed by atoms with Gasteiger partial charge in [0, 0.05) is 32.7 Å². The summed E-state index contributed by atoms with van der Waals surface area (Å²) in [7, 11) is 0. The Morgan fingerprint density at radius 3 is 2.61 bits per heavy atom. The fourth-order valence-corrected chi connectivity index (χ4v) is 2.47. The summed E-state index contributed by atoms with van der Waals surface area (Å²) in [6.45, 7) is 4.70. The van der Waals surface area contributed by atoms with Crippen molar-refractivity contribution in [2.75, 3.05) is 32.7 Å². The molecule has 1 aliphatic carbocycles. The first-order valence-corrected chi connectivity index (χ1v) is 6.82. The lowest BCUT2D eigenvalue weighted by Crippen LogP contribution is -2.50. The van der Waals surface area contributed by atoms with E-state index in [-0.39, 0.29) is 6.03 Å². The fourth-order valence-electron chi connectivity index (χ4n) is 2.34. The Morgan fingerprint density at radius 1 is 1.33 bits per heavy atom. The Balaban J connectivity index is 1.53. The molecule has 2 fully saturated rings. The Kier molecular flexibility index (Phi) is 3.26. The third-order valence-corrected chi connectivity index (χ3v) is 3.80. The van der Waals surface area contributed by atoms with Gasteiger partial charge in [-0.15, -0.1) is 0 Å². The second kappa shape index (κ2) is 4.90. The van der Waals surface area contributed by atoms with Crippen LogP contribution in [0.15, 0.2) is 12.4 Å². The van der Waals surface area contributed by atoms with E-state index in [4.69, 9.17) is 11.6 Å². The summed E-state index contributed by atoms with van der Waals surface area (Å²) in [5.41, 5.74) is 0. The van der Waals surface area contributed by atoms with Gasteiger partial charge in [0.05, 0.1) is 17.4 Å². The van der Waals surface area contributed by atoms with Crippen molar-refractivity contribution in [3.8, 4) is 0 Å². The third kappa shape index (κ3) is 2.67. The number of hydrogen-bond donors (Lipinski definition) is 0. The first-order chi connectivity index (χ1) is 8.72. The summed E-state index contributed by atoms with van der Waals surface area (Å²) in [6, 6.07) is -0.0760. The van der Waals surface area contributed by atoms with Gasteiger partial charge < -0.3 is 4.90 Å². The third-order valence-electron chi connectivity index (χ3n) is 3.60. The molecule has 1 aliphatic heterocycles. The van der Waals surface area contributed by atoms with Crippen LogP contribution in [0.1, 0.15) is 12.8 Å². The molecule has 1 saturated carbocycles. The second-order valence-electron chi connectivity index (χ2n) is 5.12. The van der Waals surface area contributed by atoms with Gasteiger partial charge in [0.2, 0.25) is 0 Å². The molecule has 5 nitrogen and oxygen atoms in total. The molecule has 1 saturated heterocycles. The van der Waals surface area contributed by atoms with Gasteiger partial charge in [0.25, 0.3) is 0 Å². The van der Waals surface area contributed by atoms with Crippen molar-refractivity contribution >= 4 is 17.6 Å². The van der Waals surface area contributed by atoms with Gasteiger partial charge in [0.1, 0.15) is 0 Å². The van der Waals surface area contributed by atoms with Crippen molar-refractivity contribution < 1.29 is 4.79 Å². The average Bonchev–Trinajstić information content (AvgIpc) is 3.09. The van der Waals surface area contributed by atoms with E-state index in [1.54, 1.807) is 6.20 Å². The van der Waals surface area contributed by atoms with E-state index in [0.717, 1.165) is 32.1 Å². The molecule has 0 unspecified atom stereocenters. The minimum Gasteiger partial charge on any atom is -0.320 e. The molecule has 2 heterocycles. The van der Waals surface area contributed by atoms with Crippen molar-refractivity contribution in [2.24, 2.45) is 5.92 Å². The lowest BCUT2D eigenvalue weighted by molar-refractivity contribution is 0.135.